The second-order valence-electron chi connectivity index (χ2n) is 8.66. The summed E-state index contributed by atoms with van der Waals surface area (Å²) < 4.78 is 34.4. The molecule has 2 rings (SSSR count). The van der Waals surface area contributed by atoms with Crippen LogP contribution in [0.4, 0.5) is 8.78 Å². The Hall–Kier alpha value is -3.58. The Labute approximate surface area is 221 Å². The minimum Gasteiger partial charge on any atom is -0.487 e. The average Bonchev–Trinajstić information content (AvgIpc) is 2.85. The van der Waals surface area contributed by atoms with Crippen LogP contribution < -0.4 is 10.3 Å². The molecule has 0 spiro atoms. The van der Waals surface area contributed by atoms with Crippen LogP contribution in [0.25, 0.3) is 5.69 Å². The van der Waals surface area contributed by atoms with Gasteiger partial charge in [-0.05, 0) is 51.3 Å². The van der Waals surface area contributed by atoms with E-state index in [-0.39, 0.29) is 28.9 Å². The van der Waals surface area contributed by atoms with Crippen molar-refractivity contribution in [2.24, 2.45) is 10.9 Å². The monoisotopic (exact) mass is 527 g/mol. The molecule has 0 aliphatic carbocycles. The number of pyridine rings is 2. The fourth-order valence-electron chi connectivity index (χ4n) is 3.14. The van der Waals surface area contributed by atoms with Crippen molar-refractivity contribution in [1.29, 1.82) is 0 Å². The highest BCUT2D eigenvalue weighted by atomic mass is 35.5. The molecule has 2 aromatic heterocycles. The molecule has 2 heterocycles. The van der Waals surface area contributed by atoms with Crippen LogP contribution in [0.2, 0.25) is 5.02 Å². The molecular formula is C29H32ClF2N3O2. The van der Waals surface area contributed by atoms with Crippen molar-refractivity contribution >= 4 is 17.3 Å². The third kappa shape index (κ3) is 7.46. The van der Waals surface area contributed by atoms with E-state index >= 15 is 0 Å². The summed E-state index contributed by atoms with van der Waals surface area (Å²) in [6.45, 7) is 18.1. The average molecular weight is 528 g/mol. The maximum absolute atomic E-state index is 14.1. The molecule has 0 fully saturated rings. The number of aryl methyl sites for hydroxylation is 2. The fraction of sp³-hybridized carbons (Fsp3) is 0.276. The maximum atomic E-state index is 14.1. The molecule has 2 aromatic rings. The Kier molecular flexibility index (Phi) is 10.5. The molecule has 0 radical (unpaired) electrons. The smallest absolute Gasteiger partial charge is 0.277 e. The Balaban J connectivity index is 2.51. The van der Waals surface area contributed by atoms with Crippen molar-refractivity contribution in [3.05, 3.63) is 111 Å². The van der Waals surface area contributed by atoms with Gasteiger partial charge in [-0.25, -0.2) is 8.78 Å². The Morgan fingerprint density at radius 2 is 1.92 bits per heavy atom. The first kappa shape index (κ1) is 29.6. The number of allylic oxidation sites excluding steroid dienone is 6. The van der Waals surface area contributed by atoms with Crippen LogP contribution in [0.5, 0.6) is 5.75 Å². The molecule has 0 saturated carbocycles. The highest BCUT2D eigenvalue weighted by Crippen LogP contribution is 2.26. The first-order valence-corrected chi connectivity index (χ1v) is 12.1. The Morgan fingerprint density at radius 1 is 1.24 bits per heavy atom. The standard InChI is InChI=1S/C29H32ClF2N3O2/c1-9-11-24(34-21(8)17(3)4)25-14-26(18(5)15-33-25)35-20(7)12-27(28(30)29(35)36)37-16-19(6)23(32)13-22(31)10-2/h9-15,17H,6,8,16H2,1-5,7H3/b11-9-,22-10+,23-13+,34-24?. The van der Waals surface area contributed by atoms with E-state index in [1.165, 1.54) is 11.5 Å². The number of rotatable bonds is 10. The topological polar surface area (TPSA) is 56.5 Å². The van der Waals surface area contributed by atoms with Gasteiger partial charge in [0.15, 0.2) is 0 Å². The zero-order valence-corrected chi connectivity index (χ0v) is 22.8. The summed E-state index contributed by atoms with van der Waals surface area (Å²) >= 11 is 6.37. The molecule has 0 aliphatic rings. The summed E-state index contributed by atoms with van der Waals surface area (Å²) in [4.78, 5) is 22.4. The Morgan fingerprint density at radius 3 is 2.51 bits per heavy atom. The van der Waals surface area contributed by atoms with Gasteiger partial charge in [-0.15, -0.1) is 0 Å². The molecule has 8 heteroatoms. The second-order valence-corrected chi connectivity index (χ2v) is 9.04. The van der Waals surface area contributed by atoms with Gasteiger partial charge in [0.25, 0.3) is 5.56 Å². The maximum Gasteiger partial charge on any atom is 0.277 e. The first-order valence-electron chi connectivity index (χ1n) is 11.7. The van der Waals surface area contributed by atoms with Gasteiger partial charge in [-0.2, -0.15) is 0 Å². The number of aromatic nitrogens is 2. The lowest BCUT2D eigenvalue weighted by Gasteiger charge is -2.17. The van der Waals surface area contributed by atoms with Gasteiger partial charge in [0, 0.05) is 35.3 Å². The number of hydrogen-bond acceptors (Lipinski definition) is 4. The minimum absolute atomic E-state index is 0.0669. The van der Waals surface area contributed by atoms with Crippen LogP contribution in [0.3, 0.4) is 0 Å². The van der Waals surface area contributed by atoms with Crippen LogP contribution in [-0.4, -0.2) is 21.9 Å². The van der Waals surface area contributed by atoms with Gasteiger partial charge in [-0.3, -0.25) is 19.3 Å². The molecule has 0 aromatic carbocycles. The number of aliphatic imine (C=N–C) groups is 1. The van der Waals surface area contributed by atoms with Crippen molar-refractivity contribution < 1.29 is 13.5 Å². The van der Waals surface area contributed by atoms with Gasteiger partial charge in [-0.1, -0.05) is 50.8 Å². The largest absolute Gasteiger partial charge is 0.487 e. The highest BCUT2D eigenvalue weighted by molar-refractivity contribution is 6.31. The van der Waals surface area contributed by atoms with Crippen LogP contribution in [0.15, 0.2) is 88.5 Å². The third-order valence-corrected chi connectivity index (χ3v) is 5.76. The van der Waals surface area contributed by atoms with Crippen LogP contribution in [0, 0.1) is 19.8 Å². The van der Waals surface area contributed by atoms with E-state index in [0.717, 1.165) is 11.6 Å². The van der Waals surface area contributed by atoms with Crippen molar-refractivity contribution in [3.63, 3.8) is 0 Å². The van der Waals surface area contributed by atoms with Gasteiger partial charge in [0.05, 0.1) is 17.1 Å². The normalized spacial score (nSPS) is 13.0. The van der Waals surface area contributed by atoms with Gasteiger partial charge < -0.3 is 4.74 Å². The molecule has 0 amide bonds. The zero-order valence-electron chi connectivity index (χ0n) is 22.0. The van der Waals surface area contributed by atoms with E-state index in [4.69, 9.17) is 16.3 Å². The number of ether oxygens (including phenoxy) is 1. The summed E-state index contributed by atoms with van der Waals surface area (Å²) in [6.07, 6.45) is 7.18. The quantitative estimate of drug-likeness (QED) is 0.235. The van der Waals surface area contributed by atoms with Crippen LogP contribution in [0.1, 0.15) is 44.6 Å². The summed E-state index contributed by atoms with van der Waals surface area (Å²) in [5, 5.41) is -0.185. The predicted octanol–water partition coefficient (Wildman–Crippen LogP) is 7.70. The molecule has 5 nitrogen and oxygen atoms in total. The molecule has 0 atom stereocenters. The van der Waals surface area contributed by atoms with E-state index < -0.39 is 17.2 Å². The molecule has 0 saturated heterocycles. The van der Waals surface area contributed by atoms with Gasteiger partial charge in [0.2, 0.25) is 0 Å². The Bertz CT molecular complexity index is 1380. The van der Waals surface area contributed by atoms with Crippen molar-refractivity contribution in [2.75, 3.05) is 6.61 Å². The molecule has 37 heavy (non-hydrogen) atoms. The lowest BCUT2D eigenvalue weighted by molar-refractivity contribution is 0.347. The molecule has 0 bridgehead atoms. The second kappa shape index (κ2) is 13.1. The van der Waals surface area contributed by atoms with Crippen LogP contribution >= 0.6 is 11.6 Å². The molecule has 0 N–H and O–H groups in total. The SMILES string of the molecule is C=C(COc1cc(C)n(-c2cc(C(/C=C\C)=NC(=C)C(C)C)ncc2C)c(=O)c1Cl)/C(F)=C\C(F)=C/C. The molecule has 196 valence electrons. The van der Waals surface area contributed by atoms with E-state index in [1.54, 1.807) is 25.3 Å². The molecule has 0 aliphatic heterocycles. The van der Waals surface area contributed by atoms with E-state index in [2.05, 4.69) is 23.1 Å². The molecular weight excluding hydrogens is 496 g/mol. The fourth-order valence-corrected chi connectivity index (χ4v) is 3.34. The lowest BCUT2D eigenvalue weighted by atomic mass is 10.1. The van der Waals surface area contributed by atoms with Crippen molar-refractivity contribution in [2.45, 2.75) is 41.5 Å². The molecule has 0 unspecified atom stereocenters. The van der Waals surface area contributed by atoms with E-state index in [1.807, 2.05) is 39.8 Å². The van der Waals surface area contributed by atoms with E-state index in [9.17, 15) is 13.6 Å². The first-order chi connectivity index (χ1) is 17.4. The van der Waals surface area contributed by atoms with Crippen LogP contribution in [-0.2, 0) is 0 Å². The number of hydrogen-bond donors (Lipinski definition) is 0. The van der Waals surface area contributed by atoms with Crippen molar-refractivity contribution in [3.8, 4) is 11.4 Å². The summed E-state index contributed by atoms with van der Waals surface area (Å²) in [5.41, 5.74) is 3.12. The minimum atomic E-state index is -0.865. The number of halogens is 3. The summed E-state index contributed by atoms with van der Waals surface area (Å²) in [5.74, 6) is -1.38. The highest BCUT2D eigenvalue weighted by Gasteiger charge is 2.17. The zero-order chi connectivity index (χ0) is 27.9. The summed E-state index contributed by atoms with van der Waals surface area (Å²) in [7, 11) is 0. The predicted molar refractivity (Wildman–Crippen MR) is 148 cm³/mol. The van der Waals surface area contributed by atoms with Gasteiger partial charge >= 0.3 is 0 Å². The third-order valence-electron chi connectivity index (χ3n) is 5.41. The van der Waals surface area contributed by atoms with E-state index in [0.29, 0.717) is 34.6 Å². The lowest BCUT2D eigenvalue weighted by Crippen LogP contribution is -2.23. The summed E-state index contributed by atoms with van der Waals surface area (Å²) in [6, 6.07) is 3.34. The van der Waals surface area contributed by atoms with Crippen molar-refractivity contribution in [1.82, 2.24) is 9.55 Å². The van der Waals surface area contributed by atoms with Gasteiger partial charge in [0.1, 0.15) is 29.0 Å². The number of nitrogens with zero attached hydrogens (tertiary/aromatic N) is 3.